The molecule has 106 valence electrons. The minimum absolute atomic E-state index is 0.216. The van der Waals surface area contributed by atoms with Crippen molar-refractivity contribution < 1.29 is 14.6 Å². The maximum Gasteiger partial charge on any atom is 0.128 e. The molecular formula is C16H18FNO2. The van der Waals surface area contributed by atoms with Gasteiger partial charge in [0.05, 0.1) is 6.10 Å². The highest BCUT2D eigenvalue weighted by Crippen LogP contribution is 2.22. The molecule has 2 rings (SSSR count). The van der Waals surface area contributed by atoms with E-state index in [0.717, 1.165) is 5.69 Å². The Balaban J connectivity index is 1.95. The molecule has 0 aliphatic carbocycles. The molecule has 0 aromatic heterocycles. The molecule has 0 bridgehead atoms. The zero-order valence-electron chi connectivity index (χ0n) is 11.3. The van der Waals surface area contributed by atoms with Gasteiger partial charge in [-0.2, -0.15) is 0 Å². The van der Waals surface area contributed by atoms with Crippen molar-refractivity contribution in [2.24, 2.45) is 0 Å². The van der Waals surface area contributed by atoms with Crippen LogP contribution in [0, 0.1) is 5.82 Å². The first kappa shape index (κ1) is 14.3. The Labute approximate surface area is 117 Å². The smallest absolute Gasteiger partial charge is 0.128 e. The minimum atomic E-state index is -0.823. The normalized spacial score (nSPS) is 12.2. The van der Waals surface area contributed by atoms with E-state index < -0.39 is 6.10 Å². The van der Waals surface area contributed by atoms with Gasteiger partial charge in [0.1, 0.15) is 11.6 Å². The molecular weight excluding hydrogens is 257 g/mol. The number of phenolic OH excluding ortho intramolecular Hbond substituents is 1. The zero-order valence-corrected chi connectivity index (χ0v) is 11.3. The molecule has 0 amide bonds. The summed E-state index contributed by atoms with van der Waals surface area (Å²) in [7, 11) is 1.89. The highest BCUT2D eigenvalue weighted by atomic mass is 19.1. The minimum Gasteiger partial charge on any atom is -0.508 e. The number of benzene rings is 2. The van der Waals surface area contributed by atoms with Gasteiger partial charge in [0.2, 0.25) is 0 Å². The first-order valence-corrected chi connectivity index (χ1v) is 6.50. The lowest BCUT2D eigenvalue weighted by Crippen LogP contribution is -2.20. The number of aromatic hydroxyl groups is 1. The van der Waals surface area contributed by atoms with Crippen LogP contribution in [0.1, 0.15) is 18.1 Å². The van der Waals surface area contributed by atoms with Crippen molar-refractivity contribution in [3.63, 3.8) is 0 Å². The number of halogens is 1. The van der Waals surface area contributed by atoms with Crippen LogP contribution in [0.5, 0.6) is 5.75 Å². The van der Waals surface area contributed by atoms with Crippen LogP contribution in [0.2, 0.25) is 0 Å². The summed E-state index contributed by atoms with van der Waals surface area (Å²) in [6.07, 6.45) is -0.394. The fraction of sp³-hybridized carbons (Fsp3) is 0.250. The average Bonchev–Trinajstić information content (AvgIpc) is 2.45. The van der Waals surface area contributed by atoms with Crippen molar-refractivity contribution in [1.29, 1.82) is 0 Å². The number of rotatable bonds is 5. The highest BCUT2D eigenvalue weighted by Gasteiger charge is 2.13. The summed E-state index contributed by atoms with van der Waals surface area (Å²) in [5.41, 5.74) is 1.26. The van der Waals surface area contributed by atoms with Gasteiger partial charge in [-0.05, 0) is 36.8 Å². The zero-order chi connectivity index (χ0) is 14.5. The molecule has 0 fully saturated rings. The molecule has 2 aromatic rings. The summed E-state index contributed by atoms with van der Waals surface area (Å²) in [6, 6.07) is 13.1. The van der Waals surface area contributed by atoms with Gasteiger partial charge in [0.15, 0.2) is 0 Å². The van der Waals surface area contributed by atoms with Gasteiger partial charge in [-0.3, -0.25) is 0 Å². The van der Waals surface area contributed by atoms with E-state index in [4.69, 9.17) is 0 Å². The average molecular weight is 275 g/mol. The monoisotopic (exact) mass is 275 g/mol. The van der Waals surface area contributed by atoms with E-state index >= 15 is 0 Å². The van der Waals surface area contributed by atoms with E-state index in [2.05, 4.69) is 0 Å². The Morgan fingerprint density at radius 3 is 2.40 bits per heavy atom. The quantitative estimate of drug-likeness (QED) is 0.881. The number of anilines is 1. The van der Waals surface area contributed by atoms with Crippen LogP contribution in [-0.4, -0.2) is 23.8 Å². The van der Waals surface area contributed by atoms with Crippen molar-refractivity contribution in [3.05, 3.63) is 59.9 Å². The van der Waals surface area contributed by atoms with Crippen molar-refractivity contribution >= 4 is 5.69 Å². The Morgan fingerprint density at radius 2 is 1.75 bits per heavy atom. The van der Waals surface area contributed by atoms with E-state index in [-0.39, 0.29) is 11.6 Å². The van der Waals surface area contributed by atoms with Gasteiger partial charge in [-0.25, -0.2) is 4.39 Å². The predicted octanol–water partition coefficient (Wildman–Crippen LogP) is 3.09. The molecule has 0 aliphatic rings. The molecule has 2 N–H and O–H groups in total. The molecule has 0 spiro atoms. The largest absolute Gasteiger partial charge is 0.508 e. The number of phenols is 1. The molecule has 2 aromatic carbocycles. The number of nitrogens with zero attached hydrogens (tertiary/aromatic N) is 1. The molecule has 1 atom stereocenters. The van der Waals surface area contributed by atoms with Gasteiger partial charge in [0, 0.05) is 24.8 Å². The van der Waals surface area contributed by atoms with Gasteiger partial charge < -0.3 is 15.1 Å². The van der Waals surface area contributed by atoms with Crippen LogP contribution in [0.15, 0.2) is 48.5 Å². The second-order valence-corrected chi connectivity index (χ2v) is 4.76. The molecule has 0 aliphatic heterocycles. The Kier molecular flexibility index (Phi) is 4.58. The molecule has 0 saturated heterocycles. The van der Waals surface area contributed by atoms with E-state index in [1.165, 1.54) is 6.07 Å². The molecule has 20 heavy (non-hydrogen) atoms. The summed E-state index contributed by atoms with van der Waals surface area (Å²) >= 11 is 0. The SMILES string of the molecule is CN(CCC(O)c1ccccc1F)c1ccc(O)cc1. The van der Waals surface area contributed by atoms with Crippen molar-refractivity contribution in [2.45, 2.75) is 12.5 Å². The number of aliphatic hydroxyl groups is 1. The van der Waals surface area contributed by atoms with Crippen LogP contribution in [-0.2, 0) is 0 Å². The molecule has 4 heteroatoms. The van der Waals surface area contributed by atoms with Crippen LogP contribution in [0.4, 0.5) is 10.1 Å². The van der Waals surface area contributed by atoms with Crippen molar-refractivity contribution in [3.8, 4) is 5.75 Å². The van der Waals surface area contributed by atoms with Crippen LogP contribution < -0.4 is 4.90 Å². The molecule has 3 nitrogen and oxygen atoms in total. The summed E-state index contributed by atoms with van der Waals surface area (Å²) in [5, 5.41) is 19.3. The third kappa shape index (κ3) is 3.48. The third-order valence-electron chi connectivity index (χ3n) is 3.29. The number of hydrogen-bond acceptors (Lipinski definition) is 3. The van der Waals surface area contributed by atoms with E-state index in [1.54, 1.807) is 42.5 Å². The fourth-order valence-corrected chi connectivity index (χ4v) is 2.05. The standard InChI is InChI=1S/C16H18FNO2/c1-18(12-6-8-13(19)9-7-12)11-10-16(20)14-4-2-3-5-15(14)17/h2-9,16,19-20H,10-11H2,1H3. The summed E-state index contributed by atoms with van der Waals surface area (Å²) in [4.78, 5) is 1.95. The van der Waals surface area contributed by atoms with Crippen LogP contribution in [0.3, 0.4) is 0 Å². The Morgan fingerprint density at radius 1 is 1.10 bits per heavy atom. The van der Waals surface area contributed by atoms with E-state index in [1.807, 2.05) is 11.9 Å². The van der Waals surface area contributed by atoms with Crippen LogP contribution >= 0.6 is 0 Å². The second kappa shape index (κ2) is 6.39. The maximum absolute atomic E-state index is 13.5. The van der Waals surface area contributed by atoms with Crippen molar-refractivity contribution in [1.82, 2.24) is 0 Å². The molecule has 1 unspecified atom stereocenters. The topological polar surface area (TPSA) is 43.7 Å². The fourth-order valence-electron chi connectivity index (χ4n) is 2.05. The van der Waals surface area contributed by atoms with E-state index in [0.29, 0.717) is 18.5 Å². The second-order valence-electron chi connectivity index (χ2n) is 4.76. The third-order valence-corrected chi connectivity index (χ3v) is 3.29. The van der Waals surface area contributed by atoms with Gasteiger partial charge in [-0.15, -0.1) is 0 Å². The summed E-state index contributed by atoms with van der Waals surface area (Å²) in [5.74, 6) is -0.166. The van der Waals surface area contributed by atoms with E-state index in [9.17, 15) is 14.6 Å². The molecule has 0 radical (unpaired) electrons. The molecule has 0 saturated carbocycles. The number of hydrogen-bond donors (Lipinski definition) is 2. The maximum atomic E-state index is 13.5. The number of aliphatic hydroxyl groups excluding tert-OH is 1. The van der Waals surface area contributed by atoms with Gasteiger partial charge in [-0.1, -0.05) is 18.2 Å². The van der Waals surface area contributed by atoms with Crippen LogP contribution in [0.25, 0.3) is 0 Å². The predicted molar refractivity (Wildman–Crippen MR) is 77.4 cm³/mol. The van der Waals surface area contributed by atoms with Crippen molar-refractivity contribution in [2.75, 3.05) is 18.5 Å². The first-order valence-electron chi connectivity index (χ1n) is 6.50. The lowest BCUT2D eigenvalue weighted by Gasteiger charge is -2.21. The molecule has 0 heterocycles. The summed E-state index contributed by atoms with van der Waals surface area (Å²) < 4.78 is 13.5. The Bertz CT molecular complexity index is 557. The lowest BCUT2D eigenvalue weighted by molar-refractivity contribution is 0.165. The highest BCUT2D eigenvalue weighted by molar-refractivity contribution is 5.48. The van der Waals surface area contributed by atoms with Gasteiger partial charge >= 0.3 is 0 Å². The lowest BCUT2D eigenvalue weighted by atomic mass is 10.1. The van der Waals surface area contributed by atoms with Gasteiger partial charge in [0.25, 0.3) is 0 Å². The Hall–Kier alpha value is -2.07. The first-order chi connectivity index (χ1) is 9.58. The summed E-state index contributed by atoms with van der Waals surface area (Å²) in [6.45, 7) is 0.584.